The molecule has 0 aliphatic heterocycles. The van der Waals surface area contributed by atoms with Crippen molar-refractivity contribution in [3.8, 4) is 28.5 Å². The number of hydrogen-bond acceptors (Lipinski definition) is 3. The fourth-order valence-electron chi connectivity index (χ4n) is 7.29. The van der Waals surface area contributed by atoms with E-state index in [-0.39, 0.29) is 5.28 Å². The fourth-order valence-corrected chi connectivity index (χ4v) is 7.45. The van der Waals surface area contributed by atoms with Gasteiger partial charge in [-0.25, -0.2) is 0 Å². The molecule has 1 aliphatic rings. The Morgan fingerprint density at radius 2 is 1.04 bits per heavy atom. The molecule has 0 fully saturated rings. The number of rotatable bonds is 4. The second-order valence-electron chi connectivity index (χ2n) is 11.4. The predicted molar refractivity (Wildman–Crippen MR) is 182 cm³/mol. The van der Waals surface area contributed by atoms with Crippen molar-refractivity contribution in [3.63, 3.8) is 0 Å². The first-order chi connectivity index (χ1) is 22.2. The Labute approximate surface area is 265 Å². The summed E-state index contributed by atoms with van der Waals surface area (Å²) in [5.41, 5.74) is 9.69. The number of hydrogen-bond donors (Lipinski definition) is 0. The van der Waals surface area contributed by atoms with E-state index >= 15 is 0 Å². The van der Waals surface area contributed by atoms with Gasteiger partial charge in [0.1, 0.15) is 0 Å². The third kappa shape index (κ3) is 3.76. The highest BCUT2D eigenvalue weighted by Gasteiger charge is 2.46. The molecule has 1 aliphatic carbocycles. The molecule has 9 rings (SSSR count). The molecule has 0 radical (unpaired) electrons. The SMILES string of the molecule is Clc1nc(-c2ccc3c(c2)C(c2ccccc2)(c2ccccc2)c2ccccc2-3)nc(-n2c3ccccc3c3ccccc32)n1. The van der Waals surface area contributed by atoms with Crippen molar-refractivity contribution in [2.75, 3.05) is 0 Å². The van der Waals surface area contributed by atoms with E-state index in [9.17, 15) is 0 Å². The molecular weight excluding hydrogens is 572 g/mol. The van der Waals surface area contributed by atoms with Crippen molar-refractivity contribution in [2.24, 2.45) is 0 Å². The highest BCUT2D eigenvalue weighted by Crippen LogP contribution is 2.56. The highest BCUT2D eigenvalue weighted by molar-refractivity contribution is 6.28. The third-order valence-corrected chi connectivity index (χ3v) is 9.26. The Morgan fingerprint density at radius 1 is 0.489 bits per heavy atom. The zero-order valence-corrected chi connectivity index (χ0v) is 24.9. The second kappa shape index (κ2) is 9.98. The van der Waals surface area contributed by atoms with E-state index in [1.807, 2.05) is 12.1 Å². The van der Waals surface area contributed by atoms with Crippen molar-refractivity contribution >= 4 is 33.4 Å². The minimum absolute atomic E-state index is 0.151. The van der Waals surface area contributed by atoms with Crippen LogP contribution < -0.4 is 0 Å². The first-order valence-electron chi connectivity index (χ1n) is 15.0. The molecule has 0 spiro atoms. The van der Waals surface area contributed by atoms with Gasteiger partial charge >= 0.3 is 0 Å². The quantitative estimate of drug-likeness (QED) is 0.203. The van der Waals surface area contributed by atoms with Gasteiger partial charge in [0.2, 0.25) is 11.2 Å². The zero-order valence-electron chi connectivity index (χ0n) is 24.1. The summed E-state index contributed by atoms with van der Waals surface area (Å²) in [5.74, 6) is 1.02. The van der Waals surface area contributed by atoms with Crippen LogP contribution in [0.25, 0.3) is 50.3 Å². The number of halogens is 1. The predicted octanol–water partition coefficient (Wildman–Crippen LogP) is 9.65. The van der Waals surface area contributed by atoms with Crippen LogP contribution in [0.1, 0.15) is 22.3 Å². The molecule has 0 saturated heterocycles. The standard InChI is InChI=1S/C40H25ClN4/c41-38-42-37(43-39(44-38)45-35-21-11-8-18-31(35)32-19-9-12-22-36(32)45)26-23-24-30-29-17-7-10-20-33(29)40(34(30)25-26,27-13-3-1-4-14-27)28-15-5-2-6-16-28/h1-25H. The molecule has 4 nitrogen and oxygen atoms in total. The molecule has 2 heterocycles. The van der Waals surface area contributed by atoms with Crippen molar-refractivity contribution in [1.29, 1.82) is 0 Å². The van der Waals surface area contributed by atoms with E-state index in [1.165, 1.54) is 33.4 Å². The van der Waals surface area contributed by atoms with Crippen molar-refractivity contribution in [2.45, 2.75) is 5.41 Å². The third-order valence-electron chi connectivity index (χ3n) is 9.09. The number of para-hydroxylation sites is 2. The number of fused-ring (bicyclic) bond motifs is 6. The summed E-state index contributed by atoms with van der Waals surface area (Å²) in [6, 6.07) is 53.4. The van der Waals surface area contributed by atoms with Crippen LogP contribution in [-0.4, -0.2) is 19.5 Å². The van der Waals surface area contributed by atoms with Crippen LogP contribution in [0.3, 0.4) is 0 Å². The Balaban J connectivity index is 1.30. The maximum Gasteiger partial charge on any atom is 0.239 e. The van der Waals surface area contributed by atoms with Gasteiger partial charge in [0, 0.05) is 16.3 Å². The largest absolute Gasteiger partial charge is 0.278 e. The lowest BCUT2D eigenvalue weighted by molar-refractivity contribution is 0.768. The summed E-state index contributed by atoms with van der Waals surface area (Å²) in [6.07, 6.45) is 0. The molecule has 0 saturated carbocycles. The molecule has 0 unspecified atom stereocenters. The molecule has 0 bridgehead atoms. The van der Waals surface area contributed by atoms with Crippen molar-refractivity contribution in [1.82, 2.24) is 19.5 Å². The molecule has 0 atom stereocenters. The lowest BCUT2D eigenvalue weighted by Crippen LogP contribution is -2.28. The van der Waals surface area contributed by atoms with Gasteiger partial charge in [0.25, 0.3) is 0 Å². The van der Waals surface area contributed by atoms with Crippen molar-refractivity contribution in [3.05, 3.63) is 179 Å². The normalized spacial score (nSPS) is 13.2. The van der Waals surface area contributed by atoms with Gasteiger partial charge in [-0.15, -0.1) is 0 Å². The van der Waals surface area contributed by atoms with Crippen LogP contribution in [0.15, 0.2) is 152 Å². The van der Waals surface area contributed by atoms with E-state index < -0.39 is 5.41 Å². The van der Waals surface area contributed by atoms with Crippen LogP contribution in [-0.2, 0) is 5.41 Å². The average Bonchev–Trinajstić information content (AvgIpc) is 3.59. The molecule has 212 valence electrons. The summed E-state index contributed by atoms with van der Waals surface area (Å²) in [6.45, 7) is 0. The lowest BCUT2D eigenvalue weighted by atomic mass is 9.67. The molecule has 0 amide bonds. The van der Waals surface area contributed by atoms with Gasteiger partial charge in [0.05, 0.1) is 16.4 Å². The summed E-state index contributed by atoms with van der Waals surface area (Å²) in [7, 11) is 0. The first kappa shape index (κ1) is 25.9. The van der Waals surface area contributed by atoms with Crippen LogP contribution in [0.4, 0.5) is 0 Å². The monoisotopic (exact) mass is 596 g/mol. The lowest BCUT2D eigenvalue weighted by Gasteiger charge is -2.34. The summed E-state index contributed by atoms with van der Waals surface area (Å²) >= 11 is 6.68. The smallest absolute Gasteiger partial charge is 0.239 e. The van der Waals surface area contributed by atoms with E-state index in [0.29, 0.717) is 11.8 Å². The van der Waals surface area contributed by atoms with Gasteiger partial charge < -0.3 is 0 Å². The minimum Gasteiger partial charge on any atom is -0.278 e. The Bertz CT molecular complexity index is 2300. The molecular formula is C40H25ClN4. The van der Waals surface area contributed by atoms with E-state index in [2.05, 4.69) is 154 Å². The van der Waals surface area contributed by atoms with Crippen LogP contribution in [0.2, 0.25) is 5.28 Å². The van der Waals surface area contributed by atoms with Gasteiger partial charge in [-0.1, -0.05) is 133 Å². The Kier molecular flexibility index (Phi) is 5.74. The molecule has 8 aromatic rings. The zero-order chi connectivity index (χ0) is 30.0. The highest BCUT2D eigenvalue weighted by atomic mass is 35.5. The van der Waals surface area contributed by atoms with Gasteiger partial charge in [0.15, 0.2) is 5.82 Å². The molecule has 6 aromatic carbocycles. The van der Waals surface area contributed by atoms with E-state index in [4.69, 9.17) is 16.6 Å². The molecule has 45 heavy (non-hydrogen) atoms. The summed E-state index contributed by atoms with van der Waals surface area (Å²) in [5, 5.41) is 2.42. The number of aromatic nitrogens is 4. The Hall–Kier alpha value is -5.58. The molecule has 5 heteroatoms. The van der Waals surface area contributed by atoms with Crippen LogP contribution in [0, 0.1) is 0 Å². The number of nitrogens with zero attached hydrogens (tertiary/aromatic N) is 4. The van der Waals surface area contributed by atoms with Crippen LogP contribution in [0.5, 0.6) is 0 Å². The maximum atomic E-state index is 6.68. The summed E-state index contributed by atoms with van der Waals surface area (Å²) in [4.78, 5) is 14.4. The molecule has 2 aromatic heterocycles. The second-order valence-corrected chi connectivity index (χ2v) is 11.7. The van der Waals surface area contributed by atoms with Crippen LogP contribution >= 0.6 is 11.6 Å². The van der Waals surface area contributed by atoms with Crippen molar-refractivity contribution < 1.29 is 0 Å². The van der Waals surface area contributed by atoms with Gasteiger partial charge in [-0.05, 0) is 63.2 Å². The summed E-state index contributed by atoms with van der Waals surface area (Å²) < 4.78 is 2.07. The van der Waals surface area contributed by atoms with E-state index in [0.717, 1.165) is 27.4 Å². The average molecular weight is 597 g/mol. The first-order valence-corrected chi connectivity index (χ1v) is 15.4. The van der Waals surface area contributed by atoms with Gasteiger partial charge in [-0.2, -0.15) is 15.0 Å². The minimum atomic E-state index is -0.517. The molecule has 0 N–H and O–H groups in total. The topological polar surface area (TPSA) is 43.6 Å². The number of benzene rings is 6. The van der Waals surface area contributed by atoms with E-state index in [1.54, 1.807) is 0 Å². The van der Waals surface area contributed by atoms with Gasteiger partial charge in [-0.3, -0.25) is 4.57 Å². The fraction of sp³-hybridized carbons (Fsp3) is 0.0250. The Morgan fingerprint density at radius 3 is 1.71 bits per heavy atom. The maximum absolute atomic E-state index is 6.68.